The Bertz CT molecular complexity index is 900. The second-order valence-corrected chi connectivity index (χ2v) is 6.22. The summed E-state index contributed by atoms with van der Waals surface area (Å²) in [6.45, 7) is 4.90. The summed E-state index contributed by atoms with van der Waals surface area (Å²) in [6.07, 6.45) is 4.49. The Kier molecular flexibility index (Phi) is 5.41. The number of aryl methyl sites for hydroxylation is 2. The summed E-state index contributed by atoms with van der Waals surface area (Å²) in [6, 6.07) is 10.8. The van der Waals surface area contributed by atoms with Crippen LogP contribution < -0.4 is 0 Å². The maximum atomic E-state index is 11.4. The molecule has 2 heterocycles. The van der Waals surface area contributed by atoms with E-state index >= 15 is 0 Å². The highest BCUT2D eigenvalue weighted by molar-refractivity contribution is 5.95. The number of aromatic carboxylic acids is 1. The van der Waals surface area contributed by atoms with E-state index in [1.165, 1.54) is 0 Å². The topological polar surface area (TPSA) is 80.9 Å². The van der Waals surface area contributed by atoms with E-state index in [0.717, 1.165) is 42.3 Å². The first kappa shape index (κ1) is 17.8. The predicted molar refractivity (Wildman–Crippen MR) is 99.1 cm³/mol. The van der Waals surface area contributed by atoms with E-state index in [2.05, 4.69) is 22.0 Å². The van der Waals surface area contributed by atoms with Crippen LogP contribution in [0.3, 0.4) is 0 Å². The number of aromatic nitrogens is 4. The van der Waals surface area contributed by atoms with E-state index < -0.39 is 5.97 Å². The van der Waals surface area contributed by atoms with Crippen LogP contribution in [0.5, 0.6) is 0 Å². The van der Waals surface area contributed by atoms with Crippen LogP contribution in [-0.2, 0) is 13.0 Å². The van der Waals surface area contributed by atoms with Gasteiger partial charge >= 0.3 is 5.97 Å². The fraction of sp³-hybridized carbons (Fsp3) is 0.300. The van der Waals surface area contributed by atoms with E-state index in [1.807, 2.05) is 29.8 Å². The van der Waals surface area contributed by atoms with E-state index in [0.29, 0.717) is 12.0 Å². The molecule has 0 fully saturated rings. The van der Waals surface area contributed by atoms with Gasteiger partial charge in [-0.25, -0.2) is 14.5 Å². The smallest absolute Gasteiger partial charge is 0.336 e. The lowest BCUT2D eigenvalue weighted by Gasteiger charge is -2.08. The molecule has 0 amide bonds. The number of carboxylic acid groups (broad SMARTS) is 1. The Morgan fingerprint density at radius 2 is 2.00 bits per heavy atom. The van der Waals surface area contributed by atoms with E-state index in [9.17, 15) is 9.90 Å². The van der Waals surface area contributed by atoms with Gasteiger partial charge < -0.3 is 5.11 Å². The largest absolute Gasteiger partial charge is 0.478 e. The van der Waals surface area contributed by atoms with Crippen molar-refractivity contribution in [2.75, 3.05) is 0 Å². The monoisotopic (exact) mass is 350 g/mol. The molecule has 3 aromatic rings. The van der Waals surface area contributed by atoms with Gasteiger partial charge in [0.15, 0.2) is 0 Å². The molecule has 0 aliphatic heterocycles. The maximum Gasteiger partial charge on any atom is 0.336 e. The number of pyridine rings is 1. The number of hydrogen-bond acceptors (Lipinski definition) is 4. The average molecular weight is 350 g/mol. The summed E-state index contributed by atoms with van der Waals surface area (Å²) in [7, 11) is 0. The molecule has 0 saturated carbocycles. The van der Waals surface area contributed by atoms with Crippen LogP contribution in [-0.4, -0.2) is 30.8 Å². The zero-order valence-electron chi connectivity index (χ0n) is 15.0. The van der Waals surface area contributed by atoms with Crippen molar-refractivity contribution in [1.82, 2.24) is 19.7 Å². The van der Waals surface area contributed by atoms with Gasteiger partial charge in [0.2, 0.25) is 0 Å². The molecule has 0 saturated heterocycles. The second-order valence-electron chi connectivity index (χ2n) is 6.22. The minimum atomic E-state index is -0.941. The summed E-state index contributed by atoms with van der Waals surface area (Å²) in [5.74, 6) is 0.731. The zero-order valence-corrected chi connectivity index (χ0v) is 15.0. The molecule has 6 nitrogen and oxygen atoms in total. The van der Waals surface area contributed by atoms with Gasteiger partial charge in [-0.05, 0) is 31.0 Å². The lowest BCUT2D eigenvalue weighted by molar-refractivity contribution is 0.0697. The predicted octanol–water partition coefficient (Wildman–Crippen LogP) is 3.74. The molecular weight excluding hydrogens is 328 g/mol. The summed E-state index contributed by atoms with van der Waals surface area (Å²) < 4.78 is 1.95. The fourth-order valence-electron chi connectivity index (χ4n) is 2.89. The van der Waals surface area contributed by atoms with Crippen LogP contribution in [0.2, 0.25) is 0 Å². The van der Waals surface area contributed by atoms with Crippen molar-refractivity contribution < 1.29 is 9.90 Å². The fourth-order valence-corrected chi connectivity index (χ4v) is 2.89. The molecule has 0 unspecified atom stereocenters. The first-order valence-electron chi connectivity index (χ1n) is 8.76. The third kappa shape index (κ3) is 3.96. The Hall–Kier alpha value is -3.02. The van der Waals surface area contributed by atoms with Crippen molar-refractivity contribution >= 4 is 5.97 Å². The van der Waals surface area contributed by atoms with Crippen molar-refractivity contribution in [3.05, 3.63) is 65.5 Å². The normalized spacial score (nSPS) is 10.8. The third-order valence-electron chi connectivity index (χ3n) is 4.21. The van der Waals surface area contributed by atoms with Crippen LogP contribution in [0.4, 0.5) is 0 Å². The minimum Gasteiger partial charge on any atom is -0.478 e. The van der Waals surface area contributed by atoms with Gasteiger partial charge in [0.1, 0.15) is 11.6 Å². The van der Waals surface area contributed by atoms with Crippen LogP contribution in [0, 0.1) is 6.92 Å². The third-order valence-corrected chi connectivity index (χ3v) is 4.21. The minimum absolute atomic E-state index is 0.275. The highest BCUT2D eigenvalue weighted by Crippen LogP contribution is 2.23. The Balaban J connectivity index is 1.82. The van der Waals surface area contributed by atoms with Gasteiger partial charge in [0.25, 0.3) is 0 Å². The Morgan fingerprint density at radius 1 is 1.19 bits per heavy atom. The molecule has 3 rings (SSSR count). The van der Waals surface area contributed by atoms with Crippen molar-refractivity contribution in [2.24, 2.45) is 0 Å². The van der Waals surface area contributed by atoms with Gasteiger partial charge in [-0.15, -0.1) is 0 Å². The molecule has 1 N–H and O–H groups in total. The molecule has 0 aliphatic rings. The first-order valence-corrected chi connectivity index (χ1v) is 8.76. The molecule has 1 aromatic carbocycles. The Labute approximate surface area is 152 Å². The van der Waals surface area contributed by atoms with Gasteiger partial charge in [-0.2, -0.15) is 5.10 Å². The molecule has 0 radical (unpaired) electrons. The second kappa shape index (κ2) is 7.91. The van der Waals surface area contributed by atoms with Crippen molar-refractivity contribution in [1.29, 1.82) is 0 Å². The highest BCUT2D eigenvalue weighted by atomic mass is 16.4. The molecule has 2 aromatic heterocycles. The SMILES string of the molecule is CCCCn1nc(C)nc1Cc1ccc(-c2ccccc2C(=O)O)cn1. The number of rotatable bonds is 7. The standard InChI is InChI=1S/C20H22N4O2/c1-3-4-11-24-19(22-14(2)23-24)12-16-10-9-15(13-21-16)17-7-5-6-8-18(17)20(25)26/h5-10,13H,3-4,11-12H2,1-2H3,(H,25,26). The summed E-state index contributed by atoms with van der Waals surface area (Å²) in [4.78, 5) is 20.4. The molecule has 134 valence electrons. The summed E-state index contributed by atoms with van der Waals surface area (Å²) in [5, 5.41) is 13.8. The molecule has 0 bridgehead atoms. The Morgan fingerprint density at radius 3 is 2.69 bits per heavy atom. The molecule has 0 spiro atoms. The number of benzene rings is 1. The van der Waals surface area contributed by atoms with Crippen LogP contribution >= 0.6 is 0 Å². The van der Waals surface area contributed by atoms with Gasteiger partial charge in [0, 0.05) is 30.4 Å². The quantitative estimate of drug-likeness (QED) is 0.702. The maximum absolute atomic E-state index is 11.4. The van der Waals surface area contributed by atoms with Crippen LogP contribution in [0.25, 0.3) is 11.1 Å². The highest BCUT2D eigenvalue weighted by Gasteiger charge is 2.12. The van der Waals surface area contributed by atoms with Gasteiger partial charge in [-0.1, -0.05) is 37.6 Å². The number of nitrogens with zero attached hydrogens (tertiary/aromatic N) is 4. The summed E-state index contributed by atoms with van der Waals surface area (Å²) in [5.41, 5.74) is 2.61. The lowest BCUT2D eigenvalue weighted by atomic mass is 10.0. The van der Waals surface area contributed by atoms with Gasteiger partial charge in [0.05, 0.1) is 5.56 Å². The summed E-state index contributed by atoms with van der Waals surface area (Å²) >= 11 is 0. The molecule has 0 aliphatic carbocycles. The first-order chi connectivity index (χ1) is 12.6. The van der Waals surface area contributed by atoms with E-state index in [-0.39, 0.29) is 5.56 Å². The molecular formula is C20H22N4O2. The number of unbranched alkanes of at least 4 members (excludes halogenated alkanes) is 1. The number of carboxylic acids is 1. The van der Waals surface area contributed by atoms with E-state index in [1.54, 1.807) is 24.4 Å². The van der Waals surface area contributed by atoms with E-state index in [4.69, 9.17) is 0 Å². The average Bonchev–Trinajstić information content (AvgIpc) is 2.99. The van der Waals surface area contributed by atoms with Crippen molar-refractivity contribution in [3.63, 3.8) is 0 Å². The van der Waals surface area contributed by atoms with Crippen molar-refractivity contribution in [3.8, 4) is 11.1 Å². The molecule has 6 heteroatoms. The number of hydrogen-bond donors (Lipinski definition) is 1. The van der Waals surface area contributed by atoms with Crippen molar-refractivity contribution in [2.45, 2.75) is 39.7 Å². The zero-order chi connectivity index (χ0) is 18.5. The molecule has 26 heavy (non-hydrogen) atoms. The van der Waals surface area contributed by atoms with Crippen LogP contribution in [0.15, 0.2) is 42.6 Å². The molecule has 0 atom stereocenters. The lowest BCUT2D eigenvalue weighted by Crippen LogP contribution is -2.07. The number of carbonyl (C=O) groups is 1. The van der Waals surface area contributed by atoms with Crippen LogP contribution in [0.1, 0.15) is 47.5 Å². The van der Waals surface area contributed by atoms with Gasteiger partial charge in [-0.3, -0.25) is 4.98 Å².